The molecule has 0 aliphatic carbocycles. The highest BCUT2D eigenvalue weighted by Gasteiger charge is 2.54. The van der Waals surface area contributed by atoms with Gasteiger partial charge in [0, 0.05) is 45.4 Å². The van der Waals surface area contributed by atoms with Crippen LogP contribution in [0.1, 0.15) is 42.7 Å². The van der Waals surface area contributed by atoms with E-state index in [1.54, 1.807) is 43.8 Å². The fourth-order valence-electron chi connectivity index (χ4n) is 5.06. The number of hydrogen-bond donors (Lipinski definition) is 0. The molecule has 180 valence electrons. The summed E-state index contributed by atoms with van der Waals surface area (Å²) in [5.41, 5.74) is 0.628. The third-order valence-corrected chi connectivity index (χ3v) is 7.03. The predicted octanol–water partition coefficient (Wildman–Crippen LogP) is 2.53. The largest absolute Gasteiger partial charge is 0.497 e. The molecule has 2 aliphatic rings. The van der Waals surface area contributed by atoms with E-state index < -0.39 is 5.41 Å². The normalized spacial score (nSPS) is 21.2. The van der Waals surface area contributed by atoms with Crippen molar-refractivity contribution in [1.29, 1.82) is 0 Å². The van der Waals surface area contributed by atoms with Gasteiger partial charge in [-0.15, -0.1) is 0 Å². The van der Waals surface area contributed by atoms with E-state index in [4.69, 9.17) is 9.47 Å². The molecular weight excluding hydrogens is 434 g/mol. The molecule has 3 heterocycles. The summed E-state index contributed by atoms with van der Waals surface area (Å²) >= 11 is 0. The van der Waals surface area contributed by atoms with Crippen LogP contribution in [-0.4, -0.2) is 73.0 Å². The van der Waals surface area contributed by atoms with E-state index in [0.29, 0.717) is 30.3 Å². The molecule has 1 atom stereocenters. The maximum Gasteiger partial charge on any atom is 0.240 e. The minimum Gasteiger partial charge on any atom is -0.497 e. The molecule has 2 fully saturated rings. The van der Waals surface area contributed by atoms with Crippen LogP contribution in [-0.2, 0) is 24.5 Å². The average Bonchev–Trinajstić information content (AvgIpc) is 3.12. The van der Waals surface area contributed by atoms with Gasteiger partial charge in [-0.3, -0.25) is 24.3 Å². The third kappa shape index (κ3) is 4.68. The van der Waals surface area contributed by atoms with Crippen LogP contribution >= 0.6 is 0 Å². The van der Waals surface area contributed by atoms with E-state index >= 15 is 0 Å². The number of imide groups is 1. The molecule has 0 saturated carbocycles. The van der Waals surface area contributed by atoms with Gasteiger partial charge in [-0.2, -0.15) is 0 Å². The number of hydrogen-bond acceptors (Lipinski definition) is 6. The molecule has 1 aromatic carbocycles. The lowest BCUT2D eigenvalue weighted by molar-refractivity contribution is -0.143. The number of nitrogens with zero attached hydrogens (tertiary/aromatic N) is 3. The molecule has 2 aromatic rings. The van der Waals surface area contributed by atoms with Crippen molar-refractivity contribution in [3.05, 3.63) is 59.9 Å². The van der Waals surface area contributed by atoms with Crippen LogP contribution in [0.2, 0.25) is 0 Å². The summed E-state index contributed by atoms with van der Waals surface area (Å²) in [4.78, 5) is 47.1. The van der Waals surface area contributed by atoms with E-state index in [1.807, 2.05) is 17.0 Å². The van der Waals surface area contributed by atoms with E-state index in [2.05, 4.69) is 4.98 Å². The molecule has 34 heavy (non-hydrogen) atoms. The average molecular weight is 466 g/mol. The first kappa shape index (κ1) is 23.9. The van der Waals surface area contributed by atoms with Crippen molar-refractivity contribution in [3.8, 4) is 5.75 Å². The highest BCUT2D eigenvalue weighted by atomic mass is 16.5. The van der Waals surface area contributed by atoms with Gasteiger partial charge in [0.2, 0.25) is 17.7 Å². The number of carbonyl (C=O) groups excluding carboxylic acids is 3. The zero-order valence-electron chi connectivity index (χ0n) is 19.7. The van der Waals surface area contributed by atoms with E-state index in [1.165, 1.54) is 17.6 Å². The Morgan fingerprint density at radius 1 is 1.12 bits per heavy atom. The van der Waals surface area contributed by atoms with E-state index in [0.717, 1.165) is 12.8 Å². The molecule has 0 radical (unpaired) electrons. The fraction of sp³-hybridized carbons (Fsp3) is 0.462. The number of likely N-dealkylation sites (tertiary alicyclic amines) is 2. The number of aromatic nitrogens is 1. The van der Waals surface area contributed by atoms with Crippen molar-refractivity contribution in [3.63, 3.8) is 0 Å². The summed E-state index contributed by atoms with van der Waals surface area (Å²) in [6, 6.07) is 11.2. The smallest absolute Gasteiger partial charge is 0.240 e. The molecule has 8 heteroatoms. The first-order chi connectivity index (χ1) is 16.5. The van der Waals surface area contributed by atoms with Crippen LogP contribution in [0.15, 0.2) is 48.8 Å². The zero-order chi connectivity index (χ0) is 24.1. The van der Waals surface area contributed by atoms with Crippen molar-refractivity contribution >= 4 is 17.7 Å². The van der Waals surface area contributed by atoms with E-state index in [9.17, 15) is 14.4 Å². The summed E-state index contributed by atoms with van der Waals surface area (Å²) in [7, 11) is 3.08. The van der Waals surface area contributed by atoms with Gasteiger partial charge in [0.05, 0.1) is 25.7 Å². The Balaban J connectivity index is 1.55. The fourth-order valence-corrected chi connectivity index (χ4v) is 5.06. The second kappa shape index (κ2) is 10.3. The van der Waals surface area contributed by atoms with Gasteiger partial charge in [0.1, 0.15) is 5.75 Å². The molecule has 2 aliphatic heterocycles. The van der Waals surface area contributed by atoms with Gasteiger partial charge in [-0.1, -0.05) is 12.1 Å². The quantitative estimate of drug-likeness (QED) is 0.557. The van der Waals surface area contributed by atoms with Crippen molar-refractivity contribution in [2.75, 3.05) is 40.5 Å². The molecule has 1 aromatic heterocycles. The number of methoxy groups -OCH3 is 2. The SMILES string of the molecule is COCCN1C(=O)CC(CC(=O)N2CCC(c3ccncc3)CC2)(c2cccc(OC)c2)C1=O. The maximum atomic E-state index is 13.6. The maximum absolute atomic E-state index is 13.6. The molecular formula is C26H31N3O5. The van der Waals surface area contributed by atoms with Crippen LogP contribution in [0.5, 0.6) is 5.75 Å². The Morgan fingerprint density at radius 3 is 2.53 bits per heavy atom. The molecule has 3 amide bonds. The van der Waals surface area contributed by atoms with Gasteiger partial charge in [0.25, 0.3) is 0 Å². The van der Waals surface area contributed by atoms with Gasteiger partial charge in [-0.05, 0) is 54.2 Å². The highest BCUT2D eigenvalue weighted by molar-refractivity contribution is 6.10. The van der Waals surface area contributed by atoms with Crippen LogP contribution in [0.25, 0.3) is 0 Å². The highest BCUT2D eigenvalue weighted by Crippen LogP contribution is 2.42. The monoisotopic (exact) mass is 465 g/mol. The number of rotatable bonds is 8. The number of benzene rings is 1. The Morgan fingerprint density at radius 2 is 1.85 bits per heavy atom. The lowest BCUT2D eigenvalue weighted by Gasteiger charge is -2.35. The van der Waals surface area contributed by atoms with E-state index in [-0.39, 0.29) is 43.7 Å². The van der Waals surface area contributed by atoms with Gasteiger partial charge < -0.3 is 14.4 Å². The Kier molecular flexibility index (Phi) is 7.26. The molecule has 0 spiro atoms. The summed E-state index contributed by atoms with van der Waals surface area (Å²) in [5, 5.41) is 0. The summed E-state index contributed by atoms with van der Waals surface area (Å²) in [6.45, 7) is 1.67. The summed E-state index contributed by atoms with van der Waals surface area (Å²) < 4.78 is 10.4. The first-order valence-electron chi connectivity index (χ1n) is 11.6. The molecule has 4 rings (SSSR count). The van der Waals surface area contributed by atoms with Crippen molar-refractivity contribution in [1.82, 2.24) is 14.8 Å². The lowest BCUT2D eigenvalue weighted by atomic mass is 9.75. The minimum atomic E-state index is -1.24. The number of amides is 3. The second-order valence-corrected chi connectivity index (χ2v) is 8.95. The van der Waals surface area contributed by atoms with Gasteiger partial charge in [0.15, 0.2) is 0 Å². The third-order valence-electron chi connectivity index (χ3n) is 7.03. The van der Waals surface area contributed by atoms with Crippen LogP contribution in [0.3, 0.4) is 0 Å². The molecule has 0 N–H and O–H groups in total. The molecule has 2 saturated heterocycles. The predicted molar refractivity (Wildman–Crippen MR) is 125 cm³/mol. The van der Waals surface area contributed by atoms with Crippen LogP contribution < -0.4 is 4.74 Å². The van der Waals surface area contributed by atoms with Crippen molar-refractivity contribution in [2.24, 2.45) is 0 Å². The summed E-state index contributed by atoms with van der Waals surface area (Å²) in [6.07, 6.45) is 5.21. The number of piperidine rings is 1. The minimum absolute atomic E-state index is 0.0397. The second-order valence-electron chi connectivity index (χ2n) is 8.95. The Labute approximate surface area is 199 Å². The lowest BCUT2D eigenvalue weighted by Crippen LogP contribution is -2.45. The Bertz CT molecular complexity index is 1040. The first-order valence-corrected chi connectivity index (χ1v) is 11.6. The summed E-state index contributed by atoms with van der Waals surface area (Å²) in [5.74, 6) is 0.235. The molecule has 1 unspecified atom stereocenters. The van der Waals surface area contributed by atoms with Crippen molar-refractivity contribution in [2.45, 2.75) is 37.0 Å². The molecule has 8 nitrogen and oxygen atoms in total. The number of pyridine rings is 1. The number of ether oxygens (including phenoxy) is 2. The molecule has 0 bridgehead atoms. The zero-order valence-corrected chi connectivity index (χ0v) is 19.7. The van der Waals surface area contributed by atoms with Gasteiger partial charge >= 0.3 is 0 Å². The van der Waals surface area contributed by atoms with Crippen LogP contribution in [0, 0.1) is 0 Å². The Hall–Kier alpha value is -3.26. The topological polar surface area (TPSA) is 89.0 Å². The number of carbonyl (C=O) groups is 3. The van der Waals surface area contributed by atoms with Crippen LogP contribution in [0.4, 0.5) is 0 Å². The van der Waals surface area contributed by atoms with Gasteiger partial charge in [-0.25, -0.2) is 0 Å². The standard InChI is InChI=1S/C26H31N3O5/c1-33-15-14-29-24(31)18-26(25(29)32,21-4-3-5-22(16-21)34-2)17-23(30)28-12-8-20(9-13-28)19-6-10-27-11-7-19/h3-7,10-11,16,20H,8-9,12-15,17-18H2,1-2H3. The van der Waals surface area contributed by atoms with Crippen molar-refractivity contribution < 1.29 is 23.9 Å².